The van der Waals surface area contributed by atoms with E-state index in [1.54, 1.807) is 12.1 Å². The number of ether oxygens (including phenoxy) is 1. The van der Waals surface area contributed by atoms with E-state index >= 15 is 0 Å². The van der Waals surface area contributed by atoms with Crippen LogP contribution in [0.15, 0.2) is 18.2 Å². The third-order valence-corrected chi connectivity index (χ3v) is 3.36. The van der Waals surface area contributed by atoms with E-state index in [1.807, 2.05) is 0 Å². The number of benzene rings is 1. The van der Waals surface area contributed by atoms with E-state index in [2.05, 4.69) is 10.1 Å². The lowest BCUT2D eigenvalue weighted by molar-refractivity contribution is -0.142. The van der Waals surface area contributed by atoms with E-state index in [4.69, 9.17) is 5.11 Å². The molecule has 0 bridgehead atoms. The lowest BCUT2D eigenvalue weighted by Crippen LogP contribution is -2.45. The molecule has 1 heterocycles. The molecule has 7 nitrogen and oxygen atoms in total. The van der Waals surface area contributed by atoms with Crippen molar-refractivity contribution in [3.05, 3.63) is 34.9 Å². The molecule has 2 amide bonds. The number of carboxylic acid groups (broad SMARTS) is 1. The summed E-state index contributed by atoms with van der Waals surface area (Å²) in [6, 6.07) is 3.66. The number of nitrogens with zero attached hydrogens (tertiary/aromatic N) is 1. The van der Waals surface area contributed by atoms with Gasteiger partial charge in [0, 0.05) is 13.1 Å². The summed E-state index contributed by atoms with van der Waals surface area (Å²) in [6.45, 7) is 2.24. The number of rotatable bonds is 3. The third kappa shape index (κ3) is 3.13. The molecule has 21 heavy (non-hydrogen) atoms. The quantitative estimate of drug-likeness (QED) is 0.809. The lowest BCUT2D eigenvalue weighted by Gasteiger charge is -2.19. The normalized spacial score (nSPS) is 14.3. The van der Waals surface area contributed by atoms with Crippen LogP contribution in [-0.4, -0.2) is 41.1 Å². The molecule has 0 saturated carbocycles. The van der Waals surface area contributed by atoms with Gasteiger partial charge in [0.25, 0.3) is 0 Å². The van der Waals surface area contributed by atoms with Crippen molar-refractivity contribution >= 4 is 18.0 Å². The van der Waals surface area contributed by atoms with Crippen molar-refractivity contribution < 1.29 is 24.2 Å². The average Bonchev–Trinajstić information content (AvgIpc) is 2.89. The van der Waals surface area contributed by atoms with Crippen molar-refractivity contribution in [3.8, 4) is 0 Å². The predicted octanol–water partition coefficient (Wildman–Crippen LogP) is 0.971. The number of methoxy groups -OCH3 is 1. The highest BCUT2D eigenvalue weighted by atomic mass is 16.5. The van der Waals surface area contributed by atoms with Gasteiger partial charge in [-0.15, -0.1) is 0 Å². The maximum Gasteiger partial charge on any atom is 0.335 e. The first-order valence-electron chi connectivity index (χ1n) is 6.40. The molecule has 0 aromatic heterocycles. The summed E-state index contributed by atoms with van der Waals surface area (Å²) < 4.78 is 4.54. The predicted molar refractivity (Wildman–Crippen MR) is 72.7 cm³/mol. The molecule has 0 saturated heterocycles. The van der Waals surface area contributed by atoms with Gasteiger partial charge in [0.2, 0.25) is 0 Å². The molecule has 1 aliphatic heterocycles. The summed E-state index contributed by atoms with van der Waals surface area (Å²) in [7, 11) is 1.25. The van der Waals surface area contributed by atoms with Crippen LogP contribution >= 0.6 is 0 Å². The number of hydrogen-bond donors (Lipinski definition) is 2. The van der Waals surface area contributed by atoms with Crippen molar-refractivity contribution in [2.75, 3.05) is 7.11 Å². The zero-order valence-electron chi connectivity index (χ0n) is 11.8. The fourth-order valence-electron chi connectivity index (χ4n) is 2.18. The van der Waals surface area contributed by atoms with Gasteiger partial charge < -0.3 is 20.1 Å². The molecular weight excluding hydrogens is 276 g/mol. The standard InChI is InChI=1S/C14H16N2O5/c1-8(13(19)21-2)15-14(20)16-6-10-4-3-9(12(17)18)5-11(10)7-16/h3-5,8H,6-7H2,1-2H3,(H,15,20)(H,17,18). The molecule has 2 rings (SSSR count). The Morgan fingerprint density at radius 1 is 1.29 bits per heavy atom. The fourth-order valence-corrected chi connectivity index (χ4v) is 2.18. The van der Waals surface area contributed by atoms with Crippen molar-refractivity contribution in [3.63, 3.8) is 0 Å². The van der Waals surface area contributed by atoms with Gasteiger partial charge in [-0.2, -0.15) is 0 Å². The Balaban J connectivity index is 2.04. The van der Waals surface area contributed by atoms with Gasteiger partial charge in [-0.1, -0.05) is 6.07 Å². The number of esters is 1. The monoisotopic (exact) mass is 292 g/mol. The number of carboxylic acids is 1. The molecule has 1 aromatic carbocycles. The molecule has 2 N–H and O–H groups in total. The molecule has 0 spiro atoms. The third-order valence-electron chi connectivity index (χ3n) is 3.36. The zero-order chi connectivity index (χ0) is 15.6. The summed E-state index contributed by atoms with van der Waals surface area (Å²) in [5, 5.41) is 11.5. The second-order valence-corrected chi connectivity index (χ2v) is 4.84. The summed E-state index contributed by atoms with van der Waals surface area (Å²) in [4.78, 5) is 35.8. The van der Waals surface area contributed by atoms with Crippen LogP contribution in [-0.2, 0) is 22.6 Å². The van der Waals surface area contributed by atoms with E-state index < -0.39 is 18.0 Å². The Morgan fingerprint density at radius 3 is 2.57 bits per heavy atom. The number of urea groups is 1. The van der Waals surface area contributed by atoms with Crippen LogP contribution in [0.1, 0.15) is 28.4 Å². The van der Waals surface area contributed by atoms with E-state index in [1.165, 1.54) is 25.0 Å². The Kier molecular flexibility index (Phi) is 4.11. The minimum Gasteiger partial charge on any atom is -0.478 e. The summed E-state index contributed by atoms with van der Waals surface area (Å²) >= 11 is 0. The molecule has 0 radical (unpaired) electrons. The minimum atomic E-state index is -1.000. The second kappa shape index (κ2) is 5.82. The second-order valence-electron chi connectivity index (χ2n) is 4.84. The van der Waals surface area contributed by atoms with Gasteiger partial charge in [0.1, 0.15) is 6.04 Å². The van der Waals surface area contributed by atoms with E-state index in [0.29, 0.717) is 13.1 Å². The fraction of sp³-hybridized carbons (Fsp3) is 0.357. The topological polar surface area (TPSA) is 95.9 Å². The van der Waals surface area contributed by atoms with E-state index in [9.17, 15) is 14.4 Å². The lowest BCUT2D eigenvalue weighted by atomic mass is 10.1. The molecule has 1 unspecified atom stereocenters. The highest BCUT2D eigenvalue weighted by Gasteiger charge is 2.26. The van der Waals surface area contributed by atoms with Crippen LogP contribution in [0.2, 0.25) is 0 Å². The molecule has 0 fully saturated rings. The van der Waals surface area contributed by atoms with Crippen LogP contribution in [0.5, 0.6) is 0 Å². The van der Waals surface area contributed by atoms with E-state index in [0.717, 1.165) is 11.1 Å². The molecule has 1 atom stereocenters. The minimum absolute atomic E-state index is 0.193. The number of fused-ring (bicyclic) bond motifs is 1. The molecule has 1 aromatic rings. The average molecular weight is 292 g/mol. The number of nitrogens with one attached hydrogen (secondary N) is 1. The number of amides is 2. The Morgan fingerprint density at radius 2 is 1.95 bits per heavy atom. The Labute approximate surface area is 121 Å². The maximum absolute atomic E-state index is 12.1. The molecule has 7 heteroatoms. The maximum atomic E-state index is 12.1. The Bertz CT molecular complexity index is 599. The zero-order valence-corrected chi connectivity index (χ0v) is 11.8. The summed E-state index contributed by atoms with van der Waals surface area (Å²) in [6.07, 6.45) is 0. The van der Waals surface area contributed by atoms with Crippen molar-refractivity contribution in [1.82, 2.24) is 10.2 Å². The van der Waals surface area contributed by atoms with Gasteiger partial charge in [-0.05, 0) is 30.2 Å². The number of carbonyl (C=O) groups excluding carboxylic acids is 2. The number of aromatic carboxylic acids is 1. The van der Waals surface area contributed by atoms with Crippen molar-refractivity contribution in [1.29, 1.82) is 0 Å². The van der Waals surface area contributed by atoms with Crippen molar-refractivity contribution in [2.24, 2.45) is 0 Å². The summed E-state index contributed by atoms with van der Waals surface area (Å²) in [5.41, 5.74) is 1.90. The smallest absolute Gasteiger partial charge is 0.335 e. The van der Waals surface area contributed by atoms with Gasteiger partial charge in [-0.25, -0.2) is 14.4 Å². The number of hydrogen-bond acceptors (Lipinski definition) is 4. The highest BCUT2D eigenvalue weighted by molar-refractivity contribution is 5.88. The number of carbonyl (C=O) groups is 3. The van der Waals surface area contributed by atoms with Crippen LogP contribution in [0, 0.1) is 0 Å². The molecule has 112 valence electrons. The molecule has 0 aliphatic carbocycles. The van der Waals surface area contributed by atoms with Crippen LogP contribution in [0.3, 0.4) is 0 Å². The highest BCUT2D eigenvalue weighted by Crippen LogP contribution is 2.24. The van der Waals surface area contributed by atoms with Gasteiger partial charge in [0.05, 0.1) is 12.7 Å². The molecular formula is C14H16N2O5. The van der Waals surface area contributed by atoms with Gasteiger partial charge >= 0.3 is 18.0 Å². The first-order chi connectivity index (χ1) is 9.92. The van der Waals surface area contributed by atoms with E-state index in [-0.39, 0.29) is 11.6 Å². The first kappa shape index (κ1) is 14.8. The Hall–Kier alpha value is -2.57. The van der Waals surface area contributed by atoms with Crippen LogP contribution in [0.25, 0.3) is 0 Å². The summed E-state index contributed by atoms with van der Waals surface area (Å²) in [5.74, 6) is -1.52. The molecule has 1 aliphatic rings. The largest absolute Gasteiger partial charge is 0.478 e. The van der Waals surface area contributed by atoms with Crippen molar-refractivity contribution in [2.45, 2.75) is 26.1 Å². The van der Waals surface area contributed by atoms with Crippen LogP contribution < -0.4 is 5.32 Å². The first-order valence-corrected chi connectivity index (χ1v) is 6.40. The van der Waals surface area contributed by atoms with Gasteiger partial charge in [-0.3, -0.25) is 0 Å². The SMILES string of the molecule is COC(=O)C(C)NC(=O)N1Cc2ccc(C(=O)O)cc2C1. The van der Waals surface area contributed by atoms with Gasteiger partial charge in [0.15, 0.2) is 0 Å². The van der Waals surface area contributed by atoms with Crippen LogP contribution in [0.4, 0.5) is 4.79 Å².